The number of rotatable bonds is 6. The van der Waals surface area contributed by atoms with Crippen molar-refractivity contribution in [3.63, 3.8) is 0 Å². The third kappa shape index (κ3) is 4.31. The molecule has 0 aliphatic carbocycles. The minimum atomic E-state index is -0.243. The molecule has 0 bridgehead atoms. The smallest absolute Gasteiger partial charge is 0.223 e. The fraction of sp³-hybridized carbons (Fsp3) is 0.381. The minimum absolute atomic E-state index is 0.0143. The molecule has 7 nitrogen and oxygen atoms in total. The van der Waals surface area contributed by atoms with Crippen molar-refractivity contribution in [3.05, 3.63) is 52.8 Å². The van der Waals surface area contributed by atoms with E-state index in [2.05, 4.69) is 15.2 Å². The van der Waals surface area contributed by atoms with Crippen LogP contribution < -0.4 is 10.2 Å². The van der Waals surface area contributed by atoms with Crippen LogP contribution in [-0.2, 0) is 17.9 Å². The molecule has 2 heterocycles. The zero-order valence-corrected chi connectivity index (χ0v) is 15.9. The van der Waals surface area contributed by atoms with E-state index < -0.39 is 0 Å². The summed E-state index contributed by atoms with van der Waals surface area (Å²) in [6.07, 6.45) is 3.81. The molecule has 0 atom stereocenters. The minimum Gasteiger partial charge on any atom is -0.506 e. The quantitative estimate of drug-likeness (QED) is 0.659. The van der Waals surface area contributed by atoms with Crippen molar-refractivity contribution in [1.29, 1.82) is 0 Å². The average Bonchev–Trinajstić information content (AvgIpc) is 2.74. The summed E-state index contributed by atoms with van der Waals surface area (Å²) in [7, 11) is 0. The number of aldehydes is 1. The van der Waals surface area contributed by atoms with E-state index in [9.17, 15) is 19.8 Å². The second-order valence-corrected chi connectivity index (χ2v) is 7.04. The van der Waals surface area contributed by atoms with Gasteiger partial charge in [-0.3, -0.25) is 14.6 Å². The highest BCUT2D eigenvalue weighted by Crippen LogP contribution is 2.26. The SMILES string of the molecule is Cc1ncc(CO)c(CNC(=O)C2CCN(c3ccc(C=O)cc3)CC2)c1O. The van der Waals surface area contributed by atoms with Gasteiger partial charge in [0.15, 0.2) is 0 Å². The van der Waals surface area contributed by atoms with E-state index >= 15 is 0 Å². The van der Waals surface area contributed by atoms with E-state index in [1.165, 1.54) is 6.20 Å². The van der Waals surface area contributed by atoms with Crippen LogP contribution >= 0.6 is 0 Å². The van der Waals surface area contributed by atoms with Crippen molar-refractivity contribution in [2.24, 2.45) is 5.92 Å². The second-order valence-electron chi connectivity index (χ2n) is 7.04. The molecule has 3 N–H and O–H groups in total. The van der Waals surface area contributed by atoms with Gasteiger partial charge in [0, 0.05) is 54.1 Å². The first-order chi connectivity index (χ1) is 13.5. The number of benzene rings is 1. The van der Waals surface area contributed by atoms with Crippen molar-refractivity contribution in [3.8, 4) is 5.75 Å². The first-order valence-corrected chi connectivity index (χ1v) is 9.38. The van der Waals surface area contributed by atoms with Gasteiger partial charge in [0.25, 0.3) is 0 Å². The summed E-state index contributed by atoms with van der Waals surface area (Å²) in [5, 5.41) is 22.5. The van der Waals surface area contributed by atoms with Gasteiger partial charge in [-0.15, -0.1) is 0 Å². The third-order valence-corrected chi connectivity index (χ3v) is 5.30. The predicted molar refractivity (Wildman–Crippen MR) is 105 cm³/mol. The number of pyridine rings is 1. The molecule has 1 aromatic carbocycles. The fourth-order valence-electron chi connectivity index (χ4n) is 3.50. The lowest BCUT2D eigenvalue weighted by atomic mass is 9.95. The lowest BCUT2D eigenvalue weighted by Gasteiger charge is -2.33. The third-order valence-electron chi connectivity index (χ3n) is 5.30. The van der Waals surface area contributed by atoms with Crippen LogP contribution in [0.25, 0.3) is 0 Å². The zero-order chi connectivity index (χ0) is 20.1. The average molecular weight is 383 g/mol. The van der Waals surface area contributed by atoms with E-state index in [4.69, 9.17) is 0 Å². The molecule has 0 unspecified atom stereocenters. The van der Waals surface area contributed by atoms with Crippen LogP contribution in [0.15, 0.2) is 30.5 Å². The van der Waals surface area contributed by atoms with Gasteiger partial charge in [-0.05, 0) is 44.0 Å². The van der Waals surface area contributed by atoms with Crippen LogP contribution in [0.3, 0.4) is 0 Å². The first-order valence-electron chi connectivity index (χ1n) is 9.38. The number of aliphatic hydroxyl groups is 1. The monoisotopic (exact) mass is 383 g/mol. The Labute approximate surface area is 164 Å². The van der Waals surface area contributed by atoms with E-state index in [0.717, 1.165) is 37.9 Å². The number of nitrogens with one attached hydrogen (secondary N) is 1. The van der Waals surface area contributed by atoms with Crippen molar-refractivity contribution >= 4 is 17.9 Å². The van der Waals surface area contributed by atoms with Gasteiger partial charge in [0.05, 0.1) is 12.3 Å². The molecule has 1 fully saturated rings. The van der Waals surface area contributed by atoms with E-state index in [-0.39, 0.29) is 30.7 Å². The molecular weight excluding hydrogens is 358 g/mol. The Morgan fingerprint density at radius 2 is 1.96 bits per heavy atom. The Kier molecular flexibility index (Phi) is 6.26. The van der Waals surface area contributed by atoms with Gasteiger partial charge in [0.2, 0.25) is 5.91 Å². The maximum atomic E-state index is 12.6. The lowest BCUT2D eigenvalue weighted by Crippen LogP contribution is -2.40. The second kappa shape index (κ2) is 8.84. The van der Waals surface area contributed by atoms with Gasteiger partial charge in [-0.2, -0.15) is 0 Å². The maximum absolute atomic E-state index is 12.6. The normalized spacial score (nSPS) is 14.7. The highest BCUT2D eigenvalue weighted by atomic mass is 16.3. The number of nitrogens with zero attached hydrogens (tertiary/aromatic N) is 2. The van der Waals surface area contributed by atoms with Crippen LogP contribution in [0.1, 0.15) is 40.0 Å². The number of anilines is 1. The van der Waals surface area contributed by atoms with Crippen LogP contribution in [0.4, 0.5) is 5.69 Å². The molecule has 1 saturated heterocycles. The largest absolute Gasteiger partial charge is 0.506 e. The molecule has 0 saturated carbocycles. The van der Waals surface area contributed by atoms with Gasteiger partial charge in [0.1, 0.15) is 12.0 Å². The molecule has 1 aliphatic rings. The Morgan fingerprint density at radius 1 is 1.29 bits per heavy atom. The van der Waals surface area contributed by atoms with Crippen molar-refractivity contribution in [2.75, 3.05) is 18.0 Å². The van der Waals surface area contributed by atoms with Crippen molar-refractivity contribution in [1.82, 2.24) is 10.3 Å². The van der Waals surface area contributed by atoms with Gasteiger partial charge in [-0.1, -0.05) is 0 Å². The number of carbonyl (C=O) groups excluding carboxylic acids is 2. The zero-order valence-electron chi connectivity index (χ0n) is 15.9. The van der Waals surface area contributed by atoms with Gasteiger partial charge in [-0.25, -0.2) is 0 Å². The number of hydrogen-bond acceptors (Lipinski definition) is 6. The molecule has 1 aliphatic heterocycles. The van der Waals surface area contributed by atoms with Crippen LogP contribution in [0.2, 0.25) is 0 Å². The molecule has 0 spiro atoms. The lowest BCUT2D eigenvalue weighted by molar-refractivity contribution is -0.125. The van der Waals surface area contributed by atoms with E-state index in [1.807, 2.05) is 12.1 Å². The summed E-state index contributed by atoms with van der Waals surface area (Å²) in [6, 6.07) is 7.44. The summed E-state index contributed by atoms with van der Waals surface area (Å²) in [4.78, 5) is 29.6. The fourth-order valence-corrected chi connectivity index (χ4v) is 3.50. The standard InChI is InChI=1S/C21H25N3O4/c1-14-20(27)19(17(13-26)10-22-14)11-23-21(28)16-6-8-24(9-7-16)18-4-2-15(12-25)3-5-18/h2-5,10,12,16,26-27H,6-9,11,13H2,1H3,(H,23,28). The number of aliphatic hydroxyl groups excluding tert-OH is 1. The highest BCUT2D eigenvalue weighted by molar-refractivity contribution is 5.79. The molecular formula is C21H25N3O4. The van der Waals surface area contributed by atoms with Crippen LogP contribution in [-0.4, -0.2) is 40.5 Å². The Morgan fingerprint density at radius 3 is 2.57 bits per heavy atom. The molecule has 2 aromatic rings. The Balaban J connectivity index is 1.56. The summed E-state index contributed by atoms with van der Waals surface area (Å²) < 4.78 is 0. The summed E-state index contributed by atoms with van der Waals surface area (Å²) >= 11 is 0. The number of hydrogen-bond donors (Lipinski definition) is 3. The van der Waals surface area contributed by atoms with E-state index in [0.29, 0.717) is 22.4 Å². The first kappa shape index (κ1) is 19.8. The van der Waals surface area contributed by atoms with Crippen molar-refractivity contribution < 1.29 is 19.8 Å². The summed E-state index contributed by atoms with van der Waals surface area (Å²) in [5.41, 5.74) is 3.19. The number of aryl methyl sites for hydroxylation is 1. The van der Waals surface area contributed by atoms with E-state index in [1.54, 1.807) is 19.1 Å². The molecule has 1 amide bonds. The Bertz CT molecular complexity index is 843. The topological polar surface area (TPSA) is 103 Å². The molecule has 148 valence electrons. The molecule has 7 heteroatoms. The molecule has 3 rings (SSSR count). The molecule has 1 aromatic heterocycles. The van der Waals surface area contributed by atoms with Crippen LogP contribution in [0.5, 0.6) is 5.75 Å². The van der Waals surface area contributed by atoms with Gasteiger partial charge >= 0.3 is 0 Å². The number of carbonyl (C=O) groups is 2. The predicted octanol–water partition coefficient (Wildman–Crippen LogP) is 1.93. The number of aromatic hydroxyl groups is 1. The highest BCUT2D eigenvalue weighted by Gasteiger charge is 2.25. The van der Waals surface area contributed by atoms with Gasteiger partial charge < -0.3 is 20.4 Å². The number of aromatic nitrogens is 1. The van der Waals surface area contributed by atoms with Crippen molar-refractivity contribution in [2.45, 2.75) is 32.9 Å². The van der Waals surface area contributed by atoms with Crippen LogP contribution in [0, 0.1) is 12.8 Å². The summed E-state index contributed by atoms with van der Waals surface area (Å²) in [6.45, 7) is 3.13. The molecule has 28 heavy (non-hydrogen) atoms. The number of piperidine rings is 1. The number of amides is 1. The molecule has 0 radical (unpaired) electrons. The Hall–Kier alpha value is -2.93. The summed E-state index contributed by atoms with van der Waals surface area (Å²) in [5.74, 6) is -0.123. The maximum Gasteiger partial charge on any atom is 0.223 e.